The number of carbonyl (C=O) groups is 2. The molecule has 0 spiro atoms. The van der Waals surface area contributed by atoms with Crippen LogP contribution in [0.2, 0.25) is 0 Å². The van der Waals surface area contributed by atoms with Crippen LogP contribution in [0.25, 0.3) is 11.1 Å². The van der Waals surface area contributed by atoms with Crippen LogP contribution < -0.4 is 9.47 Å². The van der Waals surface area contributed by atoms with Crippen molar-refractivity contribution in [3.63, 3.8) is 0 Å². The molecule has 0 aliphatic heterocycles. The zero-order valence-corrected chi connectivity index (χ0v) is 15.2. The van der Waals surface area contributed by atoms with Crippen LogP contribution in [-0.4, -0.2) is 24.3 Å². The molecule has 27 heavy (non-hydrogen) atoms. The Bertz CT molecular complexity index is 954. The third kappa shape index (κ3) is 5.13. The Labute approximate surface area is 157 Å². The van der Waals surface area contributed by atoms with Crippen LogP contribution in [0, 0.1) is 11.3 Å². The lowest BCUT2D eigenvalue weighted by Gasteiger charge is -2.11. The number of aromatic nitrogens is 1. The van der Waals surface area contributed by atoms with E-state index in [-0.39, 0.29) is 11.3 Å². The van der Waals surface area contributed by atoms with Crippen molar-refractivity contribution in [2.75, 3.05) is 7.11 Å². The van der Waals surface area contributed by atoms with Gasteiger partial charge in [0.2, 0.25) is 0 Å². The van der Waals surface area contributed by atoms with Crippen LogP contribution in [0.3, 0.4) is 0 Å². The monoisotopic (exact) mass is 362 g/mol. The van der Waals surface area contributed by atoms with Gasteiger partial charge in [0.1, 0.15) is 17.6 Å². The maximum atomic E-state index is 11.4. The van der Waals surface area contributed by atoms with E-state index < -0.39 is 5.97 Å². The van der Waals surface area contributed by atoms with E-state index >= 15 is 0 Å². The number of methoxy groups -OCH3 is 1. The second kappa shape index (κ2) is 9.11. The van der Waals surface area contributed by atoms with E-state index in [2.05, 4.69) is 4.98 Å². The van der Waals surface area contributed by atoms with Crippen molar-refractivity contribution in [3.8, 4) is 17.6 Å². The zero-order chi connectivity index (χ0) is 19.8. The molecule has 0 fully saturated rings. The summed E-state index contributed by atoms with van der Waals surface area (Å²) in [5.74, 6) is 0.200. The largest absolute Gasteiger partial charge is 0.497 e. The van der Waals surface area contributed by atoms with Gasteiger partial charge in [0.25, 0.3) is 0 Å². The van der Waals surface area contributed by atoms with Crippen molar-refractivity contribution < 1.29 is 19.1 Å². The second-order valence-electron chi connectivity index (χ2n) is 5.61. The van der Waals surface area contributed by atoms with Gasteiger partial charge in [-0.1, -0.05) is 0 Å². The third-order valence-electron chi connectivity index (χ3n) is 3.71. The first-order valence-electron chi connectivity index (χ1n) is 8.04. The van der Waals surface area contributed by atoms with Gasteiger partial charge in [-0.05, 0) is 54.0 Å². The normalized spacial score (nSPS) is 11.9. The number of aldehydes is 1. The SMILES string of the molecule is COc1cc(OC(C)=O)cc(C(/C=C(\C)c2ccncc2)=C(\C#N)C=O)c1. The fourth-order valence-electron chi connectivity index (χ4n) is 2.45. The van der Waals surface area contributed by atoms with Gasteiger partial charge in [-0.15, -0.1) is 0 Å². The summed E-state index contributed by atoms with van der Waals surface area (Å²) in [6, 6.07) is 10.4. The predicted octanol–water partition coefficient (Wildman–Crippen LogP) is 3.60. The summed E-state index contributed by atoms with van der Waals surface area (Å²) in [4.78, 5) is 26.7. The summed E-state index contributed by atoms with van der Waals surface area (Å²) in [6.07, 6.45) is 5.54. The van der Waals surface area contributed by atoms with Crippen LogP contribution in [0.15, 0.2) is 54.4 Å². The van der Waals surface area contributed by atoms with E-state index in [9.17, 15) is 14.9 Å². The topological polar surface area (TPSA) is 89.3 Å². The maximum Gasteiger partial charge on any atom is 0.308 e. The van der Waals surface area contributed by atoms with Crippen LogP contribution in [0.5, 0.6) is 11.5 Å². The molecule has 136 valence electrons. The standard InChI is InChI=1S/C21H18N2O4/c1-14(16-4-6-23-7-5-16)8-21(18(12-22)13-24)17-9-19(26-3)11-20(10-17)27-15(2)25/h4-11,13H,1-3H3/b14-8+,21-18+. The number of pyridine rings is 1. The van der Waals surface area contributed by atoms with Gasteiger partial charge in [-0.3, -0.25) is 14.6 Å². The number of nitrogens with zero attached hydrogens (tertiary/aromatic N) is 2. The molecule has 1 heterocycles. The van der Waals surface area contributed by atoms with Crippen molar-refractivity contribution in [2.45, 2.75) is 13.8 Å². The fraction of sp³-hybridized carbons (Fsp3) is 0.143. The lowest BCUT2D eigenvalue weighted by Crippen LogP contribution is -2.02. The molecule has 0 atom stereocenters. The first-order valence-corrected chi connectivity index (χ1v) is 8.04. The van der Waals surface area contributed by atoms with Crippen LogP contribution in [-0.2, 0) is 9.59 Å². The Morgan fingerprint density at radius 3 is 2.33 bits per heavy atom. The van der Waals surface area contributed by atoms with Gasteiger partial charge in [-0.25, -0.2) is 0 Å². The predicted molar refractivity (Wildman–Crippen MR) is 101 cm³/mol. The van der Waals surface area contributed by atoms with E-state index in [1.807, 2.05) is 25.1 Å². The molecule has 0 unspecified atom stereocenters. The molecular formula is C21H18N2O4. The smallest absolute Gasteiger partial charge is 0.308 e. The molecular weight excluding hydrogens is 344 g/mol. The van der Waals surface area contributed by atoms with Crippen molar-refractivity contribution in [2.24, 2.45) is 0 Å². The molecule has 0 radical (unpaired) electrons. The molecule has 0 saturated heterocycles. The minimum atomic E-state index is -0.487. The van der Waals surface area contributed by atoms with Crippen molar-refractivity contribution in [1.29, 1.82) is 5.26 Å². The Balaban J connectivity index is 2.66. The van der Waals surface area contributed by atoms with Crippen molar-refractivity contribution >= 4 is 23.4 Å². The van der Waals surface area contributed by atoms with Gasteiger partial charge in [0.15, 0.2) is 6.29 Å². The quantitative estimate of drug-likeness (QED) is 0.195. The highest BCUT2D eigenvalue weighted by molar-refractivity contribution is 5.98. The number of hydrogen-bond acceptors (Lipinski definition) is 6. The van der Waals surface area contributed by atoms with E-state index in [0.29, 0.717) is 23.2 Å². The molecule has 1 aromatic carbocycles. The number of ether oxygens (including phenoxy) is 2. The Morgan fingerprint density at radius 1 is 1.11 bits per heavy atom. The molecule has 0 amide bonds. The Hall–Kier alpha value is -3.72. The lowest BCUT2D eigenvalue weighted by atomic mass is 9.96. The fourth-order valence-corrected chi connectivity index (χ4v) is 2.45. The Morgan fingerprint density at radius 2 is 1.78 bits per heavy atom. The molecule has 0 bridgehead atoms. The minimum Gasteiger partial charge on any atom is -0.497 e. The number of nitriles is 1. The average Bonchev–Trinajstić information content (AvgIpc) is 2.67. The van der Waals surface area contributed by atoms with E-state index in [4.69, 9.17) is 9.47 Å². The van der Waals surface area contributed by atoms with Gasteiger partial charge in [-0.2, -0.15) is 5.26 Å². The molecule has 0 aliphatic carbocycles. The Kier molecular flexibility index (Phi) is 6.61. The molecule has 2 rings (SSSR count). The van der Waals surface area contributed by atoms with Crippen molar-refractivity contribution in [3.05, 3.63) is 65.5 Å². The van der Waals surface area contributed by atoms with Gasteiger partial charge >= 0.3 is 5.97 Å². The number of carbonyl (C=O) groups excluding carboxylic acids is 2. The summed E-state index contributed by atoms with van der Waals surface area (Å²) < 4.78 is 10.4. The number of hydrogen-bond donors (Lipinski definition) is 0. The summed E-state index contributed by atoms with van der Waals surface area (Å²) in [5.41, 5.74) is 2.59. The molecule has 2 aromatic rings. The number of benzene rings is 1. The molecule has 0 saturated carbocycles. The third-order valence-corrected chi connectivity index (χ3v) is 3.71. The molecule has 1 aromatic heterocycles. The lowest BCUT2D eigenvalue weighted by molar-refractivity contribution is -0.131. The first kappa shape index (κ1) is 19.6. The summed E-state index contributed by atoms with van der Waals surface area (Å²) >= 11 is 0. The summed E-state index contributed by atoms with van der Waals surface area (Å²) in [7, 11) is 1.48. The number of esters is 1. The summed E-state index contributed by atoms with van der Waals surface area (Å²) in [5, 5.41) is 9.39. The molecule has 0 aliphatic rings. The first-order chi connectivity index (χ1) is 13.0. The highest BCUT2D eigenvalue weighted by Crippen LogP contribution is 2.31. The highest BCUT2D eigenvalue weighted by Gasteiger charge is 2.12. The van der Waals surface area contributed by atoms with E-state index in [0.717, 1.165) is 11.1 Å². The second-order valence-corrected chi connectivity index (χ2v) is 5.61. The number of rotatable bonds is 6. The van der Waals surface area contributed by atoms with Gasteiger partial charge in [0.05, 0.1) is 12.7 Å². The van der Waals surface area contributed by atoms with Crippen LogP contribution in [0.4, 0.5) is 0 Å². The van der Waals surface area contributed by atoms with Crippen LogP contribution in [0.1, 0.15) is 25.0 Å². The zero-order valence-electron chi connectivity index (χ0n) is 15.2. The molecule has 0 N–H and O–H groups in total. The molecule has 6 heteroatoms. The maximum absolute atomic E-state index is 11.4. The van der Waals surface area contributed by atoms with Crippen molar-refractivity contribution in [1.82, 2.24) is 4.98 Å². The van der Waals surface area contributed by atoms with Gasteiger partial charge < -0.3 is 9.47 Å². The molecule has 6 nitrogen and oxygen atoms in total. The highest BCUT2D eigenvalue weighted by atomic mass is 16.5. The van der Waals surface area contributed by atoms with Crippen LogP contribution >= 0.6 is 0 Å². The minimum absolute atomic E-state index is 0.0505. The average molecular weight is 362 g/mol. The summed E-state index contributed by atoms with van der Waals surface area (Å²) in [6.45, 7) is 3.15. The van der Waals surface area contributed by atoms with Gasteiger partial charge in [0, 0.05) is 31.0 Å². The van der Waals surface area contributed by atoms with E-state index in [1.54, 1.807) is 36.7 Å². The van der Waals surface area contributed by atoms with E-state index in [1.165, 1.54) is 14.0 Å². The number of allylic oxidation sites excluding steroid dienone is 4.